The molecule has 7 heteroatoms. The van der Waals surface area contributed by atoms with Crippen molar-refractivity contribution in [2.45, 2.75) is 19.8 Å². The molecule has 20 heavy (non-hydrogen) atoms. The van der Waals surface area contributed by atoms with Crippen LogP contribution in [0.3, 0.4) is 0 Å². The zero-order valence-electron chi connectivity index (χ0n) is 11.0. The Morgan fingerprint density at radius 2 is 2.05 bits per heavy atom. The van der Waals surface area contributed by atoms with E-state index in [1.807, 2.05) is 13.8 Å². The number of rotatable bonds is 3. The van der Waals surface area contributed by atoms with Crippen LogP contribution in [0, 0.1) is 0 Å². The van der Waals surface area contributed by atoms with E-state index in [0.717, 1.165) is 5.69 Å². The van der Waals surface area contributed by atoms with Crippen molar-refractivity contribution in [1.29, 1.82) is 0 Å². The number of benzene rings is 1. The van der Waals surface area contributed by atoms with Crippen LogP contribution in [0.5, 0.6) is 0 Å². The fourth-order valence-electron chi connectivity index (χ4n) is 1.74. The number of aromatic amines is 1. The molecule has 0 atom stereocenters. The highest BCUT2D eigenvalue weighted by molar-refractivity contribution is 6.42. The summed E-state index contributed by atoms with van der Waals surface area (Å²) in [6.45, 7) is 3.93. The van der Waals surface area contributed by atoms with Crippen molar-refractivity contribution in [2.24, 2.45) is 0 Å². The Hall–Kier alpha value is -1.72. The van der Waals surface area contributed by atoms with Gasteiger partial charge in [-0.3, -0.25) is 9.89 Å². The third-order valence-corrected chi connectivity index (χ3v) is 3.54. The minimum absolute atomic E-state index is 0.161. The molecule has 2 aromatic rings. The Balaban J connectivity index is 2.22. The SMILES string of the molecule is CC(C)c1[nH]nc(C(=O)Nc2ccc(Cl)c(Cl)c2)c1N. The molecule has 2 rings (SSSR count). The summed E-state index contributed by atoms with van der Waals surface area (Å²) in [7, 11) is 0. The van der Waals surface area contributed by atoms with Gasteiger partial charge in [-0.2, -0.15) is 5.10 Å². The van der Waals surface area contributed by atoms with E-state index in [2.05, 4.69) is 15.5 Å². The summed E-state index contributed by atoms with van der Waals surface area (Å²) in [6, 6.07) is 4.82. The molecule has 5 nitrogen and oxygen atoms in total. The zero-order valence-corrected chi connectivity index (χ0v) is 12.5. The number of nitrogens with two attached hydrogens (primary N) is 1. The number of hydrogen-bond donors (Lipinski definition) is 3. The molecular weight excluding hydrogens is 299 g/mol. The molecule has 1 aromatic carbocycles. The summed E-state index contributed by atoms with van der Waals surface area (Å²) in [4.78, 5) is 12.1. The lowest BCUT2D eigenvalue weighted by atomic mass is 10.1. The summed E-state index contributed by atoms with van der Waals surface area (Å²) in [5, 5.41) is 10.2. The number of amides is 1. The minimum atomic E-state index is -0.399. The molecule has 1 aromatic heterocycles. The lowest BCUT2D eigenvalue weighted by Gasteiger charge is -2.06. The maximum absolute atomic E-state index is 12.1. The lowest BCUT2D eigenvalue weighted by Crippen LogP contribution is -2.14. The molecule has 0 aliphatic carbocycles. The van der Waals surface area contributed by atoms with Gasteiger partial charge >= 0.3 is 0 Å². The molecule has 0 radical (unpaired) electrons. The van der Waals surface area contributed by atoms with E-state index in [0.29, 0.717) is 21.4 Å². The van der Waals surface area contributed by atoms with E-state index in [4.69, 9.17) is 28.9 Å². The van der Waals surface area contributed by atoms with Crippen molar-refractivity contribution >= 4 is 40.5 Å². The molecular formula is C13H14Cl2N4O. The van der Waals surface area contributed by atoms with Crippen molar-refractivity contribution in [2.75, 3.05) is 11.1 Å². The van der Waals surface area contributed by atoms with Crippen LogP contribution in [-0.2, 0) is 0 Å². The summed E-state index contributed by atoms with van der Waals surface area (Å²) in [5.41, 5.74) is 7.70. The number of carbonyl (C=O) groups excluding carboxylic acids is 1. The summed E-state index contributed by atoms with van der Waals surface area (Å²) in [6.07, 6.45) is 0. The molecule has 0 saturated carbocycles. The summed E-state index contributed by atoms with van der Waals surface area (Å²) < 4.78 is 0. The molecule has 4 N–H and O–H groups in total. The molecule has 0 aliphatic heterocycles. The quantitative estimate of drug-likeness (QED) is 0.808. The van der Waals surface area contributed by atoms with E-state index in [-0.39, 0.29) is 11.6 Å². The lowest BCUT2D eigenvalue weighted by molar-refractivity contribution is 0.102. The Kier molecular flexibility index (Phi) is 4.20. The van der Waals surface area contributed by atoms with Gasteiger partial charge in [-0.05, 0) is 24.1 Å². The number of aromatic nitrogens is 2. The fraction of sp³-hybridized carbons (Fsp3) is 0.231. The van der Waals surface area contributed by atoms with E-state index >= 15 is 0 Å². The van der Waals surface area contributed by atoms with Crippen LogP contribution in [0.15, 0.2) is 18.2 Å². The molecule has 106 valence electrons. The third-order valence-electron chi connectivity index (χ3n) is 2.80. The number of halogens is 2. The van der Waals surface area contributed by atoms with E-state index in [9.17, 15) is 4.79 Å². The summed E-state index contributed by atoms with van der Waals surface area (Å²) >= 11 is 11.7. The molecule has 1 amide bonds. The van der Waals surface area contributed by atoms with Crippen molar-refractivity contribution in [3.8, 4) is 0 Å². The number of nitrogens with zero attached hydrogens (tertiary/aromatic N) is 1. The molecule has 0 spiro atoms. The van der Waals surface area contributed by atoms with E-state index in [1.165, 1.54) is 0 Å². The third kappa shape index (κ3) is 2.89. The van der Waals surface area contributed by atoms with E-state index in [1.54, 1.807) is 18.2 Å². The number of anilines is 2. The van der Waals surface area contributed by atoms with E-state index < -0.39 is 5.91 Å². The van der Waals surface area contributed by atoms with Crippen LogP contribution in [0.4, 0.5) is 11.4 Å². The Bertz CT molecular complexity index is 652. The van der Waals surface area contributed by atoms with Gasteiger partial charge in [0.2, 0.25) is 0 Å². The Labute approximate surface area is 126 Å². The van der Waals surface area contributed by atoms with Gasteiger partial charge < -0.3 is 11.1 Å². The Morgan fingerprint density at radius 3 is 2.60 bits per heavy atom. The number of nitrogen functional groups attached to an aromatic ring is 1. The second kappa shape index (κ2) is 5.73. The molecule has 0 fully saturated rings. The molecule has 0 aliphatic rings. The van der Waals surface area contributed by atoms with Crippen LogP contribution in [-0.4, -0.2) is 16.1 Å². The maximum Gasteiger partial charge on any atom is 0.278 e. The van der Waals surface area contributed by atoms with Crippen molar-refractivity contribution in [1.82, 2.24) is 10.2 Å². The van der Waals surface area contributed by atoms with Crippen LogP contribution in [0.25, 0.3) is 0 Å². The van der Waals surface area contributed by atoms with Crippen molar-refractivity contribution in [3.05, 3.63) is 39.6 Å². The normalized spacial score (nSPS) is 10.8. The smallest absolute Gasteiger partial charge is 0.278 e. The van der Waals surface area contributed by atoms with Crippen LogP contribution in [0.1, 0.15) is 35.9 Å². The number of nitrogens with one attached hydrogen (secondary N) is 2. The summed E-state index contributed by atoms with van der Waals surface area (Å²) in [5.74, 6) is -0.238. The highest BCUT2D eigenvalue weighted by Gasteiger charge is 2.19. The van der Waals surface area contributed by atoms with Gasteiger partial charge in [-0.25, -0.2) is 0 Å². The van der Waals surface area contributed by atoms with Crippen LogP contribution >= 0.6 is 23.2 Å². The van der Waals surface area contributed by atoms with Crippen molar-refractivity contribution in [3.63, 3.8) is 0 Å². The van der Waals surface area contributed by atoms with Crippen LogP contribution < -0.4 is 11.1 Å². The Morgan fingerprint density at radius 1 is 1.35 bits per heavy atom. The number of hydrogen-bond acceptors (Lipinski definition) is 3. The van der Waals surface area contributed by atoms with Gasteiger partial charge in [0.05, 0.1) is 21.4 Å². The molecule has 1 heterocycles. The zero-order chi connectivity index (χ0) is 14.9. The molecule has 0 bridgehead atoms. The highest BCUT2D eigenvalue weighted by Crippen LogP contribution is 2.26. The van der Waals surface area contributed by atoms with Crippen LogP contribution in [0.2, 0.25) is 10.0 Å². The predicted molar refractivity (Wildman–Crippen MR) is 81.5 cm³/mol. The largest absolute Gasteiger partial charge is 0.395 e. The topological polar surface area (TPSA) is 83.8 Å². The second-order valence-electron chi connectivity index (χ2n) is 4.64. The molecule has 0 unspecified atom stereocenters. The first-order valence-corrected chi connectivity index (χ1v) is 6.76. The average Bonchev–Trinajstić information content (AvgIpc) is 2.76. The second-order valence-corrected chi connectivity index (χ2v) is 5.45. The number of H-pyrrole nitrogens is 1. The van der Waals surface area contributed by atoms with Gasteiger partial charge in [0.1, 0.15) is 0 Å². The molecule has 0 saturated heterocycles. The fourth-order valence-corrected chi connectivity index (χ4v) is 2.04. The standard InChI is InChI=1S/C13H14Cl2N4O/c1-6(2)11-10(16)12(19-18-11)13(20)17-7-3-4-8(14)9(15)5-7/h3-6H,16H2,1-2H3,(H,17,20)(H,18,19). The average molecular weight is 313 g/mol. The van der Waals surface area contributed by atoms with Gasteiger partial charge in [0.25, 0.3) is 5.91 Å². The monoisotopic (exact) mass is 312 g/mol. The first kappa shape index (κ1) is 14.7. The first-order valence-electron chi connectivity index (χ1n) is 6.00. The van der Waals surface area contributed by atoms with Gasteiger partial charge in [0.15, 0.2) is 5.69 Å². The van der Waals surface area contributed by atoms with Gasteiger partial charge in [-0.1, -0.05) is 37.0 Å². The number of carbonyl (C=O) groups is 1. The predicted octanol–water partition coefficient (Wildman–Crippen LogP) is 3.67. The van der Waals surface area contributed by atoms with Crippen molar-refractivity contribution < 1.29 is 4.79 Å². The minimum Gasteiger partial charge on any atom is -0.395 e. The highest BCUT2D eigenvalue weighted by atomic mass is 35.5. The maximum atomic E-state index is 12.1. The van der Waals surface area contributed by atoms with Gasteiger partial charge in [-0.15, -0.1) is 0 Å². The first-order chi connectivity index (χ1) is 9.40. The van der Waals surface area contributed by atoms with Gasteiger partial charge in [0, 0.05) is 5.69 Å².